The summed E-state index contributed by atoms with van der Waals surface area (Å²) < 4.78 is 0. The van der Waals surface area contributed by atoms with Crippen molar-refractivity contribution in [2.75, 3.05) is 4.90 Å². The predicted molar refractivity (Wildman–Crippen MR) is 167 cm³/mol. The zero-order chi connectivity index (χ0) is 29.3. The summed E-state index contributed by atoms with van der Waals surface area (Å²) in [6.45, 7) is 6.24. The van der Waals surface area contributed by atoms with Gasteiger partial charge >= 0.3 is 0 Å². The van der Waals surface area contributed by atoms with Crippen LogP contribution in [0.3, 0.4) is 0 Å². The fourth-order valence-electron chi connectivity index (χ4n) is 7.30. The van der Waals surface area contributed by atoms with Crippen LogP contribution >= 0.6 is 11.6 Å². The van der Waals surface area contributed by atoms with E-state index in [0.717, 1.165) is 27.9 Å². The van der Waals surface area contributed by atoms with Crippen molar-refractivity contribution in [3.05, 3.63) is 141 Å². The molecular formula is C37H30ClNO3. The molecule has 2 aliphatic heterocycles. The number of benzene rings is 4. The second-order valence-electron chi connectivity index (χ2n) is 12.0. The van der Waals surface area contributed by atoms with Crippen molar-refractivity contribution < 1.29 is 14.4 Å². The number of carbonyl (C=O) groups excluding carboxylic acids is 3. The van der Waals surface area contributed by atoms with Crippen molar-refractivity contribution in [1.29, 1.82) is 0 Å². The van der Waals surface area contributed by atoms with E-state index in [1.54, 1.807) is 30.3 Å². The molecule has 3 aliphatic rings. The van der Waals surface area contributed by atoms with E-state index in [9.17, 15) is 14.4 Å². The van der Waals surface area contributed by atoms with Gasteiger partial charge in [0.15, 0.2) is 17.3 Å². The van der Waals surface area contributed by atoms with Gasteiger partial charge in [-0.05, 0) is 47.7 Å². The van der Waals surface area contributed by atoms with Crippen molar-refractivity contribution in [2.24, 2.45) is 5.41 Å². The molecule has 4 nitrogen and oxygen atoms in total. The summed E-state index contributed by atoms with van der Waals surface area (Å²) in [4.78, 5) is 46.3. The van der Waals surface area contributed by atoms with Gasteiger partial charge in [-0.2, -0.15) is 0 Å². The molecule has 4 aromatic rings. The van der Waals surface area contributed by atoms with Crippen molar-refractivity contribution in [2.45, 2.75) is 44.7 Å². The standard InChI is InChI=1S/C37H30ClNO3/c1-21(2)23-12-14-24(15-13-23)32-33(34(40)25-10-8-22(3)9-11-25)39-30-18-17-27(38)20-26(30)16-19-31(39)37(32)35(41)28-6-4-5-7-29(28)36(37)42/h4-21,31-33H,1-3H3/t31-,32+,33+/m1/s1. The third-order valence-electron chi connectivity index (χ3n) is 9.33. The molecule has 0 N–H and O–H groups in total. The SMILES string of the molecule is Cc1ccc(C(=O)[C@@H]2[C@H](c3ccc(C(C)C)cc3)C3(C(=O)c4ccccc4C3=O)[C@H]3C=Cc4cc(Cl)ccc4N23)cc1. The molecule has 1 saturated heterocycles. The second kappa shape index (κ2) is 9.64. The molecule has 42 heavy (non-hydrogen) atoms. The maximum atomic E-state index is 14.8. The number of Topliss-reactive ketones (excluding diaryl/α,β-unsaturated/α-hetero) is 3. The van der Waals surface area contributed by atoms with Gasteiger partial charge in [-0.15, -0.1) is 0 Å². The molecule has 0 aromatic heterocycles. The van der Waals surface area contributed by atoms with Crippen LogP contribution in [0.1, 0.15) is 79.0 Å². The van der Waals surface area contributed by atoms with Crippen LogP contribution in [0.25, 0.3) is 6.08 Å². The van der Waals surface area contributed by atoms with Crippen molar-refractivity contribution in [3.63, 3.8) is 0 Å². The number of halogens is 1. The summed E-state index contributed by atoms with van der Waals surface area (Å²) in [6.07, 6.45) is 3.86. The molecule has 1 fully saturated rings. The molecule has 0 saturated carbocycles. The number of anilines is 1. The average molecular weight is 572 g/mol. The van der Waals surface area contributed by atoms with Gasteiger partial charge in [-0.25, -0.2) is 0 Å². The Morgan fingerprint density at radius 1 is 0.857 bits per heavy atom. The molecule has 208 valence electrons. The number of rotatable bonds is 4. The van der Waals surface area contributed by atoms with E-state index in [1.807, 2.05) is 72.5 Å². The van der Waals surface area contributed by atoms with E-state index in [4.69, 9.17) is 11.6 Å². The highest BCUT2D eigenvalue weighted by atomic mass is 35.5. The van der Waals surface area contributed by atoms with Crippen molar-refractivity contribution in [1.82, 2.24) is 0 Å². The van der Waals surface area contributed by atoms with Gasteiger partial charge in [0, 0.05) is 33.3 Å². The molecule has 1 spiro atoms. The molecule has 1 aliphatic carbocycles. The van der Waals surface area contributed by atoms with E-state index >= 15 is 0 Å². The highest BCUT2D eigenvalue weighted by Crippen LogP contribution is 2.61. The number of fused-ring (bicyclic) bond motifs is 5. The monoisotopic (exact) mass is 571 g/mol. The van der Waals surface area contributed by atoms with Crippen LogP contribution in [-0.4, -0.2) is 29.4 Å². The third-order valence-corrected chi connectivity index (χ3v) is 9.57. The number of hydrogen-bond acceptors (Lipinski definition) is 4. The second-order valence-corrected chi connectivity index (χ2v) is 12.4. The first-order valence-electron chi connectivity index (χ1n) is 14.4. The topological polar surface area (TPSA) is 54.5 Å². The van der Waals surface area contributed by atoms with Gasteiger partial charge in [-0.3, -0.25) is 14.4 Å². The Balaban J connectivity index is 1.53. The Hall–Kier alpha value is -4.28. The minimum atomic E-state index is -1.51. The van der Waals surface area contributed by atoms with E-state index in [-0.39, 0.29) is 17.3 Å². The molecule has 0 amide bonds. The maximum Gasteiger partial charge on any atom is 0.185 e. The van der Waals surface area contributed by atoms with Crippen molar-refractivity contribution >= 4 is 40.7 Å². The summed E-state index contributed by atoms with van der Waals surface area (Å²) in [7, 11) is 0. The third kappa shape index (κ3) is 3.64. The van der Waals surface area contributed by atoms with Gasteiger partial charge in [0.25, 0.3) is 0 Å². The minimum absolute atomic E-state index is 0.123. The lowest BCUT2D eigenvalue weighted by molar-refractivity contribution is 0.0666. The molecule has 3 atom stereocenters. The van der Waals surface area contributed by atoms with Crippen LogP contribution < -0.4 is 4.90 Å². The van der Waals surface area contributed by atoms with Crippen LogP contribution in [0.15, 0.2) is 97.1 Å². The molecule has 5 heteroatoms. The largest absolute Gasteiger partial charge is 0.352 e. The summed E-state index contributed by atoms with van der Waals surface area (Å²) in [5, 5.41) is 0.577. The highest BCUT2D eigenvalue weighted by molar-refractivity contribution is 6.32. The number of aryl methyl sites for hydroxylation is 1. The summed E-state index contributed by atoms with van der Waals surface area (Å²) in [5.41, 5.74) is 4.51. The normalized spacial score (nSPS) is 21.5. The predicted octanol–water partition coefficient (Wildman–Crippen LogP) is 8.09. The van der Waals surface area contributed by atoms with E-state index in [1.165, 1.54) is 0 Å². The van der Waals surface area contributed by atoms with Crippen LogP contribution in [-0.2, 0) is 0 Å². The molecule has 4 aromatic carbocycles. The Bertz CT molecular complexity index is 1770. The molecule has 0 radical (unpaired) electrons. The quantitative estimate of drug-likeness (QED) is 0.183. The lowest BCUT2D eigenvalue weighted by Crippen LogP contribution is -2.48. The number of hydrogen-bond donors (Lipinski definition) is 0. The average Bonchev–Trinajstić information content (AvgIpc) is 3.43. The summed E-state index contributed by atoms with van der Waals surface area (Å²) in [6, 6.07) is 26.8. The van der Waals surface area contributed by atoms with E-state index < -0.39 is 23.4 Å². The first-order valence-corrected chi connectivity index (χ1v) is 14.8. The molecular weight excluding hydrogens is 542 g/mol. The highest BCUT2D eigenvalue weighted by Gasteiger charge is 2.71. The number of nitrogens with zero attached hydrogens (tertiary/aromatic N) is 1. The number of ketones is 3. The molecule has 2 heterocycles. The Morgan fingerprint density at radius 2 is 1.50 bits per heavy atom. The Labute approximate surface area is 250 Å². The fourth-order valence-corrected chi connectivity index (χ4v) is 7.48. The zero-order valence-corrected chi connectivity index (χ0v) is 24.4. The van der Waals surface area contributed by atoms with Gasteiger partial charge in [-0.1, -0.05) is 116 Å². The van der Waals surface area contributed by atoms with E-state index in [0.29, 0.717) is 27.6 Å². The Kier molecular flexibility index (Phi) is 6.11. The van der Waals surface area contributed by atoms with Gasteiger partial charge in [0.2, 0.25) is 0 Å². The van der Waals surface area contributed by atoms with Gasteiger partial charge in [0.05, 0.1) is 6.04 Å². The number of carbonyl (C=O) groups is 3. The summed E-state index contributed by atoms with van der Waals surface area (Å²) >= 11 is 6.39. The smallest absolute Gasteiger partial charge is 0.185 e. The molecule has 0 unspecified atom stereocenters. The lowest BCUT2D eigenvalue weighted by Gasteiger charge is -2.37. The zero-order valence-electron chi connectivity index (χ0n) is 23.7. The molecule has 7 rings (SSSR count). The van der Waals surface area contributed by atoms with Crippen LogP contribution in [0.4, 0.5) is 5.69 Å². The minimum Gasteiger partial charge on any atom is -0.352 e. The fraction of sp³-hybridized carbons (Fsp3) is 0.216. The van der Waals surface area contributed by atoms with E-state index in [2.05, 4.69) is 26.0 Å². The summed E-state index contributed by atoms with van der Waals surface area (Å²) in [5.74, 6) is -0.986. The Morgan fingerprint density at radius 3 is 2.12 bits per heavy atom. The van der Waals surface area contributed by atoms with Gasteiger partial charge in [0.1, 0.15) is 11.5 Å². The molecule has 0 bridgehead atoms. The van der Waals surface area contributed by atoms with Crippen LogP contribution in [0, 0.1) is 12.3 Å². The first-order chi connectivity index (χ1) is 20.2. The van der Waals surface area contributed by atoms with Gasteiger partial charge < -0.3 is 4.90 Å². The van der Waals surface area contributed by atoms with Crippen LogP contribution in [0.5, 0.6) is 0 Å². The maximum absolute atomic E-state index is 14.8. The van der Waals surface area contributed by atoms with Crippen LogP contribution in [0.2, 0.25) is 5.02 Å². The lowest BCUT2D eigenvalue weighted by atomic mass is 9.64. The van der Waals surface area contributed by atoms with Crippen molar-refractivity contribution in [3.8, 4) is 0 Å². The first kappa shape index (κ1) is 26.6.